The van der Waals surface area contributed by atoms with Crippen LogP contribution in [0.5, 0.6) is 0 Å². The Morgan fingerprint density at radius 3 is 2.38 bits per heavy atom. The number of carbonyl (C=O) groups excluding carboxylic acids is 2. The first kappa shape index (κ1) is 19.7. The van der Waals surface area contributed by atoms with E-state index in [9.17, 15) is 9.59 Å². The van der Waals surface area contributed by atoms with Crippen molar-refractivity contribution in [3.05, 3.63) is 53.9 Å². The van der Waals surface area contributed by atoms with Gasteiger partial charge in [0, 0.05) is 24.3 Å². The normalized spacial score (nSPS) is 18.0. The van der Waals surface area contributed by atoms with Gasteiger partial charge in [-0.2, -0.15) is 5.10 Å². The topological polar surface area (TPSA) is 67.2 Å². The van der Waals surface area contributed by atoms with Gasteiger partial charge in [-0.1, -0.05) is 43.2 Å². The van der Waals surface area contributed by atoms with Gasteiger partial charge in [-0.25, -0.2) is 0 Å². The van der Waals surface area contributed by atoms with Crippen molar-refractivity contribution in [3.8, 4) is 0 Å². The second kappa shape index (κ2) is 8.39. The molecule has 29 heavy (non-hydrogen) atoms. The van der Waals surface area contributed by atoms with E-state index >= 15 is 0 Å². The number of rotatable bonds is 7. The molecular weight excluding hydrogens is 364 g/mol. The summed E-state index contributed by atoms with van der Waals surface area (Å²) < 4.78 is 1.79. The van der Waals surface area contributed by atoms with Gasteiger partial charge < -0.3 is 10.2 Å². The maximum absolute atomic E-state index is 13.5. The van der Waals surface area contributed by atoms with Crippen molar-refractivity contribution in [3.63, 3.8) is 0 Å². The molecule has 1 N–H and O–H groups in total. The second-order valence-electron chi connectivity index (χ2n) is 8.55. The van der Waals surface area contributed by atoms with Crippen molar-refractivity contribution >= 4 is 11.8 Å². The molecule has 0 unspecified atom stereocenters. The summed E-state index contributed by atoms with van der Waals surface area (Å²) >= 11 is 0. The predicted octanol–water partition coefficient (Wildman–Crippen LogP) is 3.87. The van der Waals surface area contributed by atoms with Gasteiger partial charge >= 0.3 is 0 Å². The molecule has 1 aromatic heterocycles. The summed E-state index contributed by atoms with van der Waals surface area (Å²) in [4.78, 5) is 28.7. The van der Waals surface area contributed by atoms with Crippen LogP contribution in [0.4, 0.5) is 0 Å². The van der Waals surface area contributed by atoms with E-state index in [1.165, 1.54) is 0 Å². The molecule has 2 aromatic rings. The highest BCUT2D eigenvalue weighted by Crippen LogP contribution is 2.36. The summed E-state index contributed by atoms with van der Waals surface area (Å²) in [5, 5.41) is 7.54. The van der Waals surface area contributed by atoms with Gasteiger partial charge in [0.05, 0.1) is 11.8 Å². The van der Waals surface area contributed by atoms with Crippen LogP contribution in [0.3, 0.4) is 0 Å². The Labute approximate surface area is 172 Å². The van der Waals surface area contributed by atoms with E-state index in [1.54, 1.807) is 22.0 Å². The Balaban J connectivity index is 1.65. The highest BCUT2D eigenvalue weighted by molar-refractivity contribution is 5.98. The van der Waals surface area contributed by atoms with Crippen LogP contribution in [-0.4, -0.2) is 38.6 Å². The van der Waals surface area contributed by atoms with Crippen LogP contribution < -0.4 is 5.32 Å². The number of amides is 2. The molecule has 2 fully saturated rings. The maximum atomic E-state index is 13.5. The van der Waals surface area contributed by atoms with E-state index in [2.05, 4.69) is 10.4 Å². The number of aromatic nitrogens is 2. The number of nitrogens with one attached hydrogen (secondary N) is 1. The number of benzene rings is 1. The van der Waals surface area contributed by atoms with Crippen molar-refractivity contribution < 1.29 is 9.59 Å². The quantitative estimate of drug-likeness (QED) is 0.775. The van der Waals surface area contributed by atoms with Gasteiger partial charge in [0.25, 0.3) is 5.91 Å². The summed E-state index contributed by atoms with van der Waals surface area (Å²) in [6, 6.07) is 9.57. The van der Waals surface area contributed by atoms with E-state index < -0.39 is 6.04 Å². The average molecular weight is 395 g/mol. The molecule has 0 spiro atoms. The molecule has 4 rings (SSSR count). The largest absolute Gasteiger partial charge is 0.351 e. The van der Waals surface area contributed by atoms with Crippen LogP contribution in [-0.2, 0) is 4.79 Å². The molecule has 6 heteroatoms. The number of nitrogens with zero attached hydrogens (tertiary/aromatic N) is 3. The second-order valence-corrected chi connectivity index (χ2v) is 8.55. The first-order valence-corrected chi connectivity index (χ1v) is 10.8. The highest BCUT2D eigenvalue weighted by atomic mass is 16.2. The Bertz CT molecular complexity index is 851. The molecule has 2 aliphatic carbocycles. The number of hydrogen-bond acceptors (Lipinski definition) is 3. The summed E-state index contributed by atoms with van der Waals surface area (Å²) in [6.45, 7) is 4.06. The van der Waals surface area contributed by atoms with Gasteiger partial charge in [0.15, 0.2) is 0 Å². The Hall–Kier alpha value is -2.63. The third kappa shape index (κ3) is 4.36. The maximum Gasteiger partial charge on any atom is 0.258 e. The molecule has 0 bridgehead atoms. The van der Waals surface area contributed by atoms with Gasteiger partial charge in [-0.15, -0.1) is 0 Å². The van der Waals surface area contributed by atoms with Gasteiger partial charge in [0.1, 0.15) is 6.04 Å². The van der Waals surface area contributed by atoms with Crippen molar-refractivity contribution in [2.24, 2.45) is 0 Å². The molecule has 1 heterocycles. The van der Waals surface area contributed by atoms with Crippen molar-refractivity contribution in [2.75, 3.05) is 0 Å². The summed E-state index contributed by atoms with van der Waals surface area (Å²) in [5.74, 6) is -0.186. The zero-order valence-electron chi connectivity index (χ0n) is 17.3. The molecule has 0 aliphatic heterocycles. The van der Waals surface area contributed by atoms with Gasteiger partial charge in [-0.3, -0.25) is 14.3 Å². The van der Waals surface area contributed by atoms with Crippen LogP contribution in [0.15, 0.2) is 42.7 Å². The third-order valence-electron chi connectivity index (χ3n) is 5.90. The summed E-state index contributed by atoms with van der Waals surface area (Å²) in [7, 11) is 0. The number of carbonyl (C=O) groups is 2. The fraction of sp³-hybridized carbons (Fsp3) is 0.522. The molecule has 1 aromatic carbocycles. The standard InChI is InChI=1S/C23H30N4O2/c1-16(2)26-15-18(14-24-26)23(29)27(20-12-13-20)21(17-8-4-3-5-9-17)22(28)25-19-10-6-7-11-19/h3-5,8-9,14-16,19-21H,6-7,10-13H2,1-2H3,(H,25,28)/t21-/m0/s1. The molecular formula is C23H30N4O2. The molecule has 2 amide bonds. The molecule has 0 radical (unpaired) electrons. The van der Waals surface area contributed by atoms with E-state index in [0.717, 1.165) is 44.1 Å². The predicted molar refractivity (Wildman–Crippen MR) is 111 cm³/mol. The van der Waals surface area contributed by atoms with Gasteiger partial charge in [0.2, 0.25) is 5.91 Å². The highest BCUT2D eigenvalue weighted by Gasteiger charge is 2.42. The Morgan fingerprint density at radius 2 is 1.79 bits per heavy atom. The van der Waals surface area contributed by atoms with Crippen LogP contribution in [0.25, 0.3) is 0 Å². The van der Waals surface area contributed by atoms with Gasteiger partial charge in [-0.05, 0) is 45.1 Å². The molecule has 2 saturated carbocycles. The van der Waals surface area contributed by atoms with E-state index in [0.29, 0.717) is 5.56 Å². The van der Waals surface area contributed by atoms with Crippen LogP contribution in [0, 0.1) is 0 Å². The lowest BCUT2D eigenvalue weighted by Gasteiger charge is -2.32. The molecule has 6 nitrogen and oxygen atoms in total. The minimum Gasteiger partial charge on any atom is -0.351 e. The van der Waals surface area contributed by atoms with Crippen LogP contribution >= 0.6 is 0 Å². The van der Waals surface area contributed by atoms with E-state index in [4.69, 9.17) is 0 Å². The lowest BCUT2D eigenvalue weighted by atomic mass is 10.0. The van der Waals surface area contributed by atoms with Crippen molar-refractivity contribution in [2.45, 2.75) is 76.5 Å². The fourth-order valence-corrected chi connectivity index (χ4v) is 4.15. The monoisotopic (exact) mass is 394 g/mol. The Kier molecular flexibility index (Phi) is 5.69. The SMILES string of the molecule is CC(C)n1cc(C(=O)N(C2CC2)[C@H](C(=O)NC2CCCC2)c2ccccc2)cn1. The third-order valence-corrected chi connectivity index (χ3v) is 5.90. The summed E-state index contributed by atoms with van der Waals surface area (Å²) in [6.07, 6.45) is 9.63. The van der Waals surface area contributed by atoms with E-state index in [-0.39, 0.29) is 29.9 Å². The smallest absolute Gasteiger partial charge is 0.258 e. The minimum absolute atomic E-state index is 0.0698. The lowest BCUT2D eigenvalue weighted by Crippen LogP contribution is -2.47. The molecule has 1 atom stereocenters. The molecule has 154 valence electrons. The first-order valence-electron chi connectivity index (χ1n) is 10.8. The van der Waals surface area contributed by atoms with E-state index in [1.807, 2.05) is 44.2 Å². The minimum atomic E-state index is -0.612. The van der Waals surface area contributed by atoms with Crippen LogP contribution in [0.2, 0.25) is 0 Å². The lowest BCUT2D eigenvalue weighted by molar-refractivity contribution is -0.126. The zero-order valence-corrected chi connectivity index (χ0v) is 17.3. The zero-order chi connectivity index (χ0) is 20.4. The summed E-state index contributed by atoms with van der Waals surface area (Å²) in [5.41, 5.74) is 1.40. The molecule has 0 saturated heterocycles. The number of hydrogen-bond donors (Lipinski definition) is 1. The van der Waals surface area contributed by atoms with Crippen molar-refractivity contribution in [1.29, 1.82) is 0 Å². The molecule has 2 aliphatic rings. The van der Waals surface area contributed by atoms with Crippen LogP contribution in [0.1, 0.15) is 80.4 Å². The Morgan fingerprint density at radius 1 is 1.10 bits per heavy atom. The van der Waals surface area contributed by atoms with Crippen molar-refractivity contribution in [1.82, 2.24) is 20.0 Å². The first-order chi connectivity index (χ1) is 14.0. The average Bonchev–Trinajstić information content (AvgIpc) is 3.19. The fourth-order valence-electron chi connectivity index (χ4n) is 4.15.